The van der Waals surface area contributed by atoms with Crippen molar-refractivity contribution in [2.75, 3.05) is 19.7 Å². The molecule has 0 saturated carbocycles. The van der Waals surface area contributed by atoms with Gasteiger partial charge in [0, 0.05) is 6.54 Å². The highest BCUT2D eigenvalue weighted by molar-refractivity contribution is 14.1. The van der Waals surface area contributed by atoms with Crippen LogP contribution >= 0.6 is 21.2 Å². The largest absolute Gasteiger partial charge is 0.444 e. The lowest BCUT2D eigenvalue weighted by molar-refractivity contribution is -0.0115. The van der Waals surface area contributed by atoms with Crippen molar-refractivity contribution >= 4 is 27.3 Å². The Labute approximate surface area is 99.7 Å². The molecule has 1 heterocycles. The zero-order valence-electron chi connectivity index (χ0n) is 9.16. The Morgan fingerprint density at radius 1 is 1.53 bits per heavy atom. The molecule has 6 heteroatoms. The summed E-state index contributed by atoms with van der Waals surface area (Å²) in [6.45, 7) is 6.79. The van der Waals surface area contributed by atoms with Crippen molar-refractivity contribution in [1.29, 1.82) is 0 Å². The number of amides is 1. The van der Waals surface area contributed by atoms with Crippen LogP contribution in [0.3, 0.4) is 0 Å². The third kappa shape index (κ3) is 4.42. The van der Waals surface area contributed by atoms with E-state index >= 15 is 0 Å². The van der Waals surface area contributed by atoms with Crippen LogP contribution in [0.5, 0.6) is 0 Å². The fourth-order valence-electron chi connectivity index (χ4n) is 1.15. The van der Waals surface area contributed by atoms with Crippen molar-refractivity contribution in [1.82, 2.24) is 4.90 Å². The van der Waals surface area contributed by atoms with Gasteiger partial charge in [0.1, 0.15) is 5.60 Å². The lowest BCUT2D eigenvalue weighted by Gasteiger charge is -2.31. The summed E-state index contributed by atoms with van der Waals surface area (Å²) in [4.78, 5) is 13.2. The summed E-state index contributed by atoms with van der Waals surface area (Å²) in [5.41, 5.74) is -0.489. The lowest BCUT2D eigenvalue weighted by atomic mass is 10.2. The predicted octanol–water partition coefficient (Wildman–Crippen LogP) is 1.90. The molecule has 1 aliphatic rings. The van der Waals surface area contributed by atoms with Crippen LogP contribution in [-0.4, -0.2) is 40.4 Å². The Morgan fingerprint density at radius 3 is 2.73 bits per heavy atom. The maximum absolute atomic E-state index is 11.6. The molecule has 0 bridgehead atoms. The molecule has 0 N–H and O–H groups in total. The summed E-state index contributed by atoms with van der Waals surface area (Å²) in [6, 6.07) is 0. The quantitative estimate of drug-likeness (QED) is 0.545. The van der Waals surface area contributed by atoms with Crippen molar-refractivity contribution in [2.45, 2.75) is 30.5 Å². The van der Waals surface area contributed by atoms with E-state index in [4.69, 9.17) is 9.47 Å². The van der Waals surface area contributed by atoms with E-state index in [0.717, 1.165) is 0 Å². The average molecular weight is 329 g/mol. The van der Waals surface area contributed by atoms with Gasteiger partial charge >= 0.3 is 6.09 Å². The number of nitrogens with zero attached hydrogens (tertiary/aromatic N) is 1. The fourth-order valence-corrected chi connectivity index (χ4v) is 2.19. The Bertz CT molecular complexity index is 251. The molecule has 0 spiro atoms. The Morgan fingerprint density at radius 2 is 2.20 bits per heavy atom. The number of hydrogen-bond acceptors (Lipinski definition) is 4. The minimum absolute atomic E-state index is 0.287. The monoisotopic (exact) mass is 329 g/mol. The number of carbonyl (C=O) groups excluding carboxylic acids is 1. The van der Waals surface area contributed by atoms with Crippen LogP contribution in [0.2, 0.25) is 0 Å². The second-order valence-electron chi connectivity index (χ2n) is 4.30. The smallest absolute Gasteiger partial charge is 0.410 e. The first-order valence-electron chi connectivity index (χ1n) is 4.77. The first-order chi connectivity index (χ1) is 6.92. The number of hydrogen-bond donors (Lipinski definition) is 0. The molecular formula is C9H16INO4. The van der Waals surface area contributed by atoms with Gasteiger partial charge in [0.2, 0.25) is 0 Å². The SMILES string of the molecule is CC(C)(C)OC(=O)N1CCO[C@H](I=O)C1. The molecule has 1 aliphatic heterocycles. The number of ether oxygens (including phenoxy) is 2. The van der Waals surface area contributed by atoms with Crippen LogP contribution < -0.4 is 0 Å². The average Bonchev–Trinajstić information content (AvgIpc) is 2.15. The molecule has 1 amide bonds. The summed E-state index contributed by atoms with van der Waals surface area (Å²) in [6.07, 6.45) is -0.353. The summed E-state index contributed by atoms with van der Waals surface area (Å²) in [7, 11) is 0. The van der Waals surface area contributed by atoms with Crippen LogP contribution in [0.15, 0.2) is 0 Å². The Kier molecular flexibility index (Phi) is 4.45. The molecule has 0 aromatic carbocycles. The standard InChI is InChI=1S/C9H16INO4/c1-9(2,3)15-8(12)11-4-5-14-7(6-11)10-13/h7H,4-6H2,1-3H3/t7-/m0/s1. The van der Waals surface area contributed by atoms with Crippen molar-refractivity contribution in [2.24, 2.45) is 0 Å². The van der Waals surface area contributed by atoms with E-state index in [-0.39, 0.29) is 10.2 Å². The summed E-state index contributed by atoms with van der Waals surface area (Å²) >= 11 is -1.22. The van der Waals surface area contributed by atoms with Gasteiger partial charge in [-0.15, -0.1) is 0 Å². The molecule has 0 aromatic rings. The normalized spacial score (nSPS) is 22.6. The van der Waals surface area contributed by atoms with E-state index in [0.29, 0.717) is 19.7 Å². The van der Waals surface area contributed by atoms with E-state index in [1.165, 1.54) is 0 Å². The minimum Gasteiger partial charge on any atom is -0.444 e. The molecule has 0 aliphatic carbocycles. The molecule has 0 unspecified atom stereocenters. The number of halogens is 1. The van der Waals surface area contributed by atoms with Crippen molar-refractivity contribution in [3.8, 4) is 0 Å². The van der Waals surface area contributed by atoms with Crippen LogP contribution in [0.4, 0.5) is 4.79 Å². The van der Waals surface area contributed by atoms with Crippen molar-refractivity contribution in [3.63, 3.8) is 0 Å². The maximum Gasteiger partial charge on any atom is 0.410 e. The van der Waals surface area contributed by atoms with E-state index < -0.39 is 26.8 Å². The molecule has 1 fully saturated rings. The second-order valence-corrected chi connectivity index (χ2v) is 6.19. The van der Waals surface area contributed by atoms with Gasteiger partial charge in [-0.1, -0.05) is 0 Å². The van der Waals surface area contributed by atoms with Crippen LogP contribution in [0.25, 0.3) is 0 Å². The van der Waals surface area contributed by atoms with Gasteiger partial charge in [-0.2, -0.15) is 0 Å². The highest BCUT2D eigenvalue weighted by atomic mass is 127. The van der Waals surface area contributed by atoms with E-state index in [1.807, 2.05) is 20.8 Å². The van der Waals surface area contributed by atoms with E-state index in [2.05, 4.69) is 0 Å². The maximum atomic E-state index is 11.6. The highest BCUT2D eigenvalue weighted by Crippen LogP contribution is 2.17. The zero-order valence-corrected chi connectivity index (χ0v) is 11.3. The van der Waals surface area contributed by atoms with E-state index in [9.17, 15) is 7.86 Å². The third-order valence-corrected chi connectivity index (χ3v) is 3.10. The lowest BCUT2D eigenvalue weighted by Crippen LogP contribution is -2.45. The van der Waals surface area contributed by atoms with Gasteiger partial charge in [0.15, 0.2) is 25.3 Å². The number of alkyl halides is 1. The predicted molar refractivity (Wildman–Crippen MR) is 62.3 cm³/mol. The van der Waals surface area contributed by atoms with Gasteiger partial charge in [0.25, 0.3) is 0 Å². The molecule has 0 aromatic heterocycles. The van der Waals surface area contributed by atoms with Gasteiger partial charge < -0.3 is 14.4 Å². The van der Waals surface area contributed by atoms with Crippen molar-refractivity contribution < 1.29 is 17.3 Å². The molecule has 15 heavy (non-hydrogen) atoms. The zero-order chi connectivity index (χ0) is 11.5. The second kappa shape index (κ2) is 5.20. The molecule has 1 saturated heterocycles. The molecule has 1 rings (SSSR count). The van der Waals surface area contributed by atoms with Crippen molar-refractivity contribution in [3.05, 3.63) is 0 Å². The van der Waals surface area contributed by atoms with Crippen LogP contribution in [0.1, 0.15) is 20.8 Å². The summed E-state index contributed by atoms with van der Waals surface area (Å²) in [5.74, 6) is 0. The molecule has 0 radical (unpaired) electrons. The third-order valence-electron chi connectivity index (χ3n) is 1.77. The Balaban J connectivity index is 2.49. The van der Waals surface area contributed by atoms with Gasteiger partial charge in [0.05, 0.1) is 13.2 Å². The fraction of sp³-hybridized carbons (Fsp3) is 0.889. The first-order valence-corrected chi connectivity index (χ1v) is 6.90. The summed E-state index contributed by atoms with van der Waals surface area (Å²) < 4.78 is 20.9. The van der Waals surface area contributed by atoms with Gasteiger partial charge in [-0.05, 0) is 20.8 Å². The number of morpholine rings is 1. The first kappa shape index (κ1) is 12.8. The minimum atomic E-state index is -1.22. The van der Waals surface area contributed by atoms with Gasteiger partial charge in [-0.3, -0.25) is 3.07 Å². The summed E-state index contributed by atoms with van der Waals surface area (Å²) in [5, 5.41) is 0. The molecule has 5 nitrogen and oxygen atoms in total. The van der Waals surface area contributed by atoms with Crippen LogP contribution in [0, 0.1) is 0 Å². The molecule has 88 valence electrons. The highest BCUT2D eigenvalue weighted by Gasteiger charge is 2.28. The topological polar surface area (TPSA) is 55.8 Å². The molecule has 1 atom stereocenters. The number of rotatable bonds is 1. The Hall–Kier alpha value is -0.240. The number of carbonyl (C=O) groups is 1. The van der Waals surface area contributed by atoms with Gasteiger partial charge in [-0.25, -0.2) is 4.79 Å². The van der Waals surface area contributed by atoms with Crippen LogP contribution in [-0.2, 0) is 12.5 Å². The van der Waals surface area contributed by atoms with E-state index in [1.54, 1.807) is 4.90 Å². The molecular weight excluding hydrogens is 313 g/mol.